The largest absolute Gasteiger partial charge is 0.312 e. The van der Waals surface area contributed by atoms with Gasteiger partial charge >= 0.3 is 0 Å². The number of likely N-dealkylation sites (tertiary alicyclic amines) is 1. The number of hydrogen-bond donors (Lipinski definition) is 1. The van der Waals surface area contributed by atoms with Gasteiger partial charge in [0.25, 0.3) is 0 Å². The molecule has 1 N–H and O–H groups in total. The molecule has 0 aromatic rings. The zero-order valence-corrected chi connectivity index (χ0v) is 10.6. The molecule has 92 valence electrons. The van der Waals surface area contributed by atoms with Crippen molar-refractivity contribution < 1.29 is 0 Å². The Hall–Kier alpha value is -0.0800. The molecular weight excluding hydrogens is 196 g/mol. The third-order valence-electron chi connectivity index (χ3n) is 4.71. The molecule has 0 bridgehead atoms. The van der Waals surface area contributed by atoms with E-state index >= 15 is 0 Å². The number of nitrogens with zero attached hydrogens (tertiary/aromatic N) is 1. The van der Waals surface area contributed by atoms with Crippen molar-refractivity contribution in [1.82, 2.24) is 10.2 Å². The van der Waals surface area contributed by atoms with Crippen LogP contribution >= 0.6 is 0 Å². The van der Waals surface area contributed by atoms with E-state index in [9.17, 15) is 0 Å². The van der Waals surface area contributed by atoms with Crippen molar-refractivity contribution in [2.24, 2.45) is 11.8 Å². The first kappa shape index (κ1) is 11.0. The van der Waals surface area contributed by atoms with Gasteiger partial charge in [-0.1, -0.05) is 6.92 Å². The molecule has 1 saturated heterocycles. The van der Waals surface area contributed by atoms with Crippen molar-refractivity contribution in [1.29, 1.82) is 0 Å². The van der Waals surface area contributed by atoms with E-state index < -0.39 is 0 Å². The summed E-state index contributed by atoms with van der Waals surface area (Å²) in [5.41, 5.74) is 0. The Morgan fingerprint density at radius 1 is 1.19 bits per heavy atom. The van der Waals surface area contributed by atoms with E-state index in [4.69, 9.17) is 0 Å². The van der Waals surface area contributed by atoms with Crippen LogP contribution in [0.5, 0.6) is 0 Å². The van der Waals surface area contributed by atoms with Crippen molar-refractivity contribution in [3.05, 3.63) is 0 Å². The fourth-order valence-electron chi connectivity index (χ4n) is 3.32. The van der Waals surface area contributed by atoms with Crippen LogP contribution in [-0.2, 0) is 0 Å². The van der Waals surface area contributed by atoms with Gasteiger partial charge in [0, 0.05) is 18.6 Å². The van der Waals surface area contributed by atoms with Gasteiger partial charge in [0.1, 0.15) is 0 Å². The minimum atomic E-state index is 0.797. The predicted octanol–water partition coefficient (Wildman–Crippen LogP) is 2.25. The van der Waals surface area contributed by atoms with Crippen LogP contribution in [0.3, 0.4) is 0 Å². The number of nitrogens with one attached hydrogen (secondary N) is 1. The standard InChI is InChI=1S/C14H26N2/c1-11-7-14(8-11)16-6-2-3-13(10-16)15-9-12-4-5-12/h11-15H,2-10H2,1H3. The molecular formula is C14H26N2. The van der Waals surface area contributed by atoms with Gasteiger partial charge in [-0.25, -0.2) is 0 Å². The van der Waals surface area contributed by atoms with Crippen LogP contribution in [0.15, 0.2) is 0 Å². The smallest absolute Gasteiger partial charge is 0.0195 e. The lowest BCUT2D eigenvalue weighted by Crippen LogP contribution is -2.53. The van der Waals surface area contributed by atoms with Crippen molar-refractivity contribution in [2.45, 2.75) is 57.5 Å². The summed E-state index contributed by atoms with van der Waals surface area (Å²) in [5.74, 6) is 2.02. The molecule has 3 rings (SSSR count). The van der Waals surface area contributed by atoms with Gasteiger partial charge < -0.3 is 5.32 Å². The zero-order chi connectivity index (χ0) is 11.0. The maximum Gasteiger partial charge on any atom is 0.0195 e. The minimum absolute atomic E-state index is 0.797. The minimum Gasteiger partial charge on any atom is -0.312 e. The Bertz CT molecular complexity index is 231. The van der Waals surface area contributed by atoms with E-state index in [0.29, 0.717) is 0 Å². The van der Waals surface area contributed by atoms with E-state index in [1.807, 2.05) is 0 Å². The third kappa shape index (κ3) is 2.60. The molecule has 1 atom stereocenters. The highest BCUT2D eigenvalue weighted by atomic mass is 15.2. The second-order valence-electron chi connectivity index (χ2n) is 6.42. The van der Waals surface area contributed by atoms with E-state index in [2.05, 4.69) is 17.1 Å². The SMILES string of the molecule is CC1CC(N2CCCC(NCC3CC3)C2)C1. The lowest BCUT2D eigenvalue weighted by molar-refractivity contribution is 0.0565. The van der Waals surface area contributed by atoms with E-state index in [-0.39, 0.29) is 0 Å². The van der Waals surface area contributed by atoms with Gasteiger partial charge in [-0.2, -0.15) is 0 Å². The van der Waals surface area contributed by atoms with Gasteiger partial charge in [-0.15, -0.1) is 0 Å². The summed E-state index contributed by atoms with van der Waals surface area (Å²) in [6.45, 7) is 6.37. The summed E-state index contributed by atoms with van der Waals surface area (Å²) in [7, 11) is 0. The van der Waals surface area contributed by atoms with Crippen LogP contribution in [0.1, 0.15) is 45.4 Å². The molecule has 3 fully saturated rings. The molecule has 1 unspecified atom stereocenters. The van der Waals surface area contributed by atoms with Crippen LogP contribution in [0.25, 0.3) is 0 Å². The van der Waals surface area contributed by atoms with E-state index in [1.54, 1.807) is 0 Å². The molecule has 2 aliphatic carbocycles. The predicted molar refractivity (Wildman–Crippen MR) is 67.5 cm³/mol. The summed E-state index contributed by atoms with van der Waals surface area (Å²) in [5, 5.41) is 3.79. The summed E-state index contributed by atoms with van der Waals surface area (Å²) < 4.78 is 0. The van der Waals surface area contributed by atoms with Crippen LogP contribution in [-0.4, -0.2) is 36.6 Å². The van der Waals surface area contributed by atoms with Crippen molar-refractivity contribution in [3.8, 4) is 0 Å². The summed E-state index contributed by atoms with van der Waals surface area (Å²) >= 11 is 0. The lowest BCUT2D eigenvalue weighted by Gasteiger charge is -2.45. The fraction of sp³-hybridized carbons (Fsp3) is 1.00. The van der Waals surface area contributed by atoms with Gasteiger partial charge in [0.05, 0.1) is 0 Å². The van der Waals surface area contributed by atoms with Gasteiger partial charge in [-0.05, 0) is 63.5 Å². The first-order chi connectivity index (χ1) is 7.81. The second-order valence-corrected chi connectivity index (χ2v) is 6.42. The Balaban J connectivity index is 1.42. The molecule has 0 radical (unpaired) electrons. The number of hydrogen-bond acceptors (Lipinski definition) is 2. The Kier molecular flexibility index (Phi) is 3.21. The Labute approximate surface area is 99.8 Å². The molecule has 16 heavy (non-hydrogen) atoms. The monoisotopic (exact) mass is 222 g/mol. The molecule has 2 heteroatoms. The summed E-state index contributed by atoms with van der Waals surface area (Å²) in [6.07, 6.45) is 8.68. The molecule has 0 aromatic carbocycles. The van der Waals surface area contributed by atoms with Gasteiger partial charge in [-0.3, -0.25) is 4.90 Å². The van der Waals surface area contributed by atoms with E-state index in [1.165, 1.54) is 58.2 Å². The fourth-order valence-corrected chi connectivity index (χ4v) is 3.32. The van der Waals surface area contributed by atoms with Crippen LogP contribution in [0, 0.1) is 11.8 Å². The Morgan fingerprint density at radius 3 is 2.69 bits per heavy atom. The molecule has 1 aliphatic heterocycles. The molecule has 0 aromatic heterocycles. The average Bonchev–Trinajstić information content (AvgIpc) is 3.06. The first-order valence-corrected chi connectivity index (χ1v) is 7.28. The first-order valence-electron chi connectivity index (χ1n) is 7.28. The highest BCUT2D eigenvalue weighted by molar-refractivity contribution is 4.90. The van der Waals surface area contributed by atoms with E-state index in [0.717, 1.165) is 23.9 Å². The highest BCUT2D eigenvalue weighted by Gasteiger charge is 2.33. The van der Waals surface area contributed by atoms with Crippen molar-refractivity contribution in [2.75, 3.05) is 19.6 Å². The number of piperidine rings is 1. The van der Waals surface area contributed by atoms with Crippen molar-refractivity contribution >= 4 is 0 Å². The van der Waals surface area contributed by atoms with Gasteiger partial charge in [0.2, 0.25) is 0 Å². The topological polar surface area (TPSA) is 15.3 Å². The van der Waals surface area contributed by atoms with Crippen LogP contribution in [0.4, 0.5) is 0 Å². The summed E-state index contributed by atoms with van der Waals surface area (Å²) in [6, 6.07) is 1.73. The van der Waals surface area contributed by atoms with Crippen LogP contribution in [0.2, 0.25) is 0 Å². The molecule has 0 amide bonds. The molecule has 2 nitrogen and oxygen atoms in total. The lowest BCUT2D eigenvalue weighted by atomic mass is 9.80. The van der Waals surface area contributed by atoms with Crippen molar-refractivity contribution in [3.63, 3.8) is 0 Å². The molecule has 2 saturated carbocycles. The quantitative estimate of drug-likeness (QED) is 0.785. The average molecular weight is 222 g/mol. The molecule has 1 heterocycles. The second kappa shape index (κ2) is 4.66. The number of rotatable bonds is 4. The molecule has 0 spiro atoms. The third-order valence-corrected chi connectivity index (χ3v) is 4.71. The maximum atomic E-state index is 3.79. The maximum absolute atomic E-state index is 3.79. The summed E-state index contributed by atoms with van der Waals surface area (Å²) in [4.78, 5) is 2.76. The Morgan fingerprint density at radius 2 is 2.00 bits per heavy atom. The van der Waals surface area contributed by atoms with Crippen LogP contribution < -0.4 is 5.32 Å². The normalized spacial score (nSPS) is 40.7. The zero-order valence-electron chi connectivity index (χ0n) is 10.6. The van der Waals surface area contributed by atoms with Gasteiger partial charge in [0.15, 0.2) is 0 Å². The molecule has 3 aliphatic rings. The highest BCUT2D eigenvalue weighted by Crippen LogP contribution is 2.33.